The van der Waals surface area contributed by atoms with E-state index in [0.717, 1.165) is 0 Å². The van der Waals surface area contributed by atoms with Gasteiger partial charge in [-0.2, -0.15) is 8.42 Å². The van der Waals surface area contributed by atoms with E-state index in [2.05, 4.69) is 9.07 Å². The van der Waals surface area contributed by atoms with Crippen LogP contribution in [0.1, 0.15) is 13.3 Å². The summed E-state index contributed by atoms with van der Waals surface area (Å²) < 4.78 is 28.9. The fraction of sp³-hybridized carbons (Fsp3) is 0.571. The highest BCUT2D eigenvalue weighted by atomic mass is 32.2. The van der Waals surface area contributed by atoms with E-state index < -0.39 is 21.8 Å². The molecule has 0 rings (SSSR count). The van der Waals surface area contributed by atoms with Crippen molar-refractivity contribution in [3.63, 3.8) is 0 Å². The minimum Gasteiger partial charge on any atom is -0.463 e. The van der Waals surface area contributed by atoms with Crippen molar-refractivity contribution in [1.29, 1.82) is 0 Å². The van der Waals surface area contributed by atoms with Crippen LogP contribution in [0.3, 0.4) is 0 Å². The third kappa shape index (κ3) is 6.58. The van der Waals surface area contributed by atoms with Crippen LogP contribution in [0.2, 0.25) is 0 Å². The van der Waals surface area contributed by atoms with Crippen LogP contribution in [-0.4, -0.2) is 32.0 Å². The minimum atomic E-state index is -3.88. The zero-order chi connectivity index (χ0) is 11.0. The van der Waals surface area contributed by atoms with Gasteiger partial charge in [-0.25, -0.2) is 10.1 Å². The Balaban J connectivity index is 3.62. The number of hydrogen-bond acceptors (Lipinski definition) is 6. The number of allylic oxidation sites excluding steroid dienone is 1. The number of esters is 1. The summed E-state index contributed by atoms with van der Waals surface area (Å²) in [5, 5.41) is 7.88. The van der Waals surface area contributed by atoms with Gasteiger partial charge in [-0.15, -0.1) is 4.33 Å². The first kappa shape index (κ1) is 13.1. The molecule has 0 heterocycles. The summed E-state index contributed by atoms with van der Waals surface area (Å²) in [6, 6.07) is 0. The lowest BCUT2D eigenvalue weighted by Crippen LogP contribution is -2.11. The molecule has 6 nitrogen and oxygen atoms in total. The lowest BCUT2D eigenvalue weighted by atomic mass is 10.5. The van der Waals surface area contributed by atoms with Crippen LogP contribution in [0, 0.1) is 0 Å². The highest BCUT2D eigenvalue weighted by Gasteiger charge is 2.09. The van der Waals surface area contributed by atoms with Crippen molar-refractivity contribution < 1.29 is 27.5 Å². The van der Waals surface area contributed by atoms with Gasteiger partial charge in [-0.3, -0.25) is 0 Å². The van der Waals surface area contributed by atoms with Gasteiger partial charge in [0.05, 0.1) is 12.4 Å². The summed E-state index contributed by atoms with van der Waals surface area (Å²) in [4.78, 5) is 10.7. The molecular weight excluding hydrogens is 212 g/mol. The normalized spacial score (nSPS) is 11.9. The lowest BCUT2D eigenvalue weighted by molar-refractivity contribution is -0.138. The molecule has 0 aromatic rings. The van der Waals surface area contributed by atoms with E-state index in [9.17, 15) is 13.2 Å². The van der Waals surface area contributed by atoms with Crippen LogP contribution in [0.15, 0.2) is 12.2 Å². The van der Waals surface area contributed by atoms with E-state index >= 15 is 0 Å². The fourth-order valence-electron chi connectivity index (χ4n) is 0.630. The average molecular weight is 224 g/mol. The molecule has 0 aromatic carbocycles. The second-order valence-corrected chi connectivity index (χ2v) is 4.03. The molecule has 0 aromatic heterocycles. The molecule has 0 aliphatic rings. The molecule has 0 unspecified atom stereocenters. The van der Waals surface area contributed by atoms with Gasteiger partial charge < -0.3 is 4.74 Å². The van der Waals surface area contributed by atoms with Crippen LogP contribution in [0.5, 0.6) is 0 Å². The van der Waals surface area contributed by atoms with E-state index in [1.54, 1.807) is 6.92 Å². The standard InChI is InChI=1S/C7H12O6S/c1-2-4-7(8)12-5-3-6-14(10,11)13-9/h2,4,9H,3,5-6H2,1H3. The third-order valence-corrected chi connectivity index (χ3v) is 2.22. The van der Waals surface area contributed by atoms with Gasteiger partial charge in [0.15, 0.2) is 0 Å². The second kappa shape index (κ2) is 6.52. The molecule has 0 atom stereocenters. The summed E-state index contributed by atoms with van der Waals surface area (Å²) in [6.07, 6.45) is 2.80. The summed E-state index contributed by atoms with van der Waals surface area (Å²) in [5.41, 5.74) is 0. The molecule has 14 heavy (non-hydrogen) atoms. The molecule has 0 saturated heterocycles. The summed E-state index contributed by atoms with van der Waals surface area (Å²) in [5.74, 6) is -0.929. The molecular formula is C7H12O6S. The van der Waals surface area contributed by atoms with Crippen molar-refractivity contribution in [1.82, 2.24) is 0 Å². The van der Waals surface area contributed by atoms with E-state index in [0.29, 0.717) is 0 Å². The van der Waals surface area contributed by atoms with Gasteiger partial charge in [0.25, 0.3) is 10.1 Å². The maximum Gasteiger partial charge on any atom is 0.330 e. The quantitative estimate of drug-likeness (QED) is 0.230. The van der Waals surface area contributed by atoms with E-state index in [1.807, 2.05) is 0 Å². The van der Waals surface area contributed by atoms with Crippen molar-refractivity contribution in [2.45, 2.75) is 13.3 Å². The molecule has 7 heteroatoms. The first-order valence-corrected chi connectivity index (χ1v) is 5.44. The second-order valence-electron chi connectivity index (χ2n) is 2.36. The molecule has 0 radical (unpaired) electrons. The maximum atomic E-state index is 10.7. The van der Waals surface area contributed by atoms with Crippen molar-refractivity contribution in [3.05, 3.63) is 12.2 Å². The highest BCUT2D eigenvalue weighted by molar-refractivity contribution is 7.86. The Morgan fingerprint density at radius 3 is 2.64 bits per heavy atom. The van der Waals surface area contributed by atoms with E-state index in [4.69, 9.17) is 5.26 Å². The summed E-state index contributed by atoms with van der Waals surface area (Å²) >= 11 is 0. The van der Waals surface area contributed by atoms with E-state index in [-0.39, 0.29) is 13.0 Å². The monoisotopic (exact) mass is 224 g/mol. The Hall–Kier alpha value is -0.920. The van der Waals surface area contributed by atoms with Crippen LogP contribution in [-0.2, 0) is 24.0 Å². The number of carbonyl (C=O) groups is 1. The van der Waals surface area contributed by atoms with Gasteiger partial charge in [-0.1, -0.05) is 6.08 Å². The predicted molar refractivity (Wildman–Crippen MR) is 47.9 cm³/mol. The first-order chi connectivity index (χ1) is 6.52. The van der Waals surface area contributed by atoms with Gasteiger partial charge in [0.1, 0.15) is 0 Å². The predicted octanol–water partition coefficient (Wildman–Crippen LogP) is 0.315. The van der Waals surface area contributed by atoms with Gasteiger partial charge in [0, 0.05) is 6.08 Å². The largest absolute Gasteiger partial charge is 0.463 e. The third-order valence-electron chi connectivity index (χ3n) is 1.20. The van der Waals surface area contributed by atoms with E-state index in [1.165, 1.54) is 12.2 Å². The van der Waals surface area contributed by atoms with Crippen LogP contribution in [0.4, 0.5) is 0 Å². The molecule has 0 saturated carbocycles. The van der Waals surface area contributed by atoms with Crippen LogP contribution >= 0.6 is 0 Å². The molecule has 0 spiro atoms. The molecule has 0 bridgehead atoms. The van der Waals surface area contributed by atoms with Crippen LogP contribution < -0.4 is 0 Å². The molecule has 0 fully saturated rings. The Bertz CT molecular complexity index is 291. The van der Waals surface area contributed by atoms with Crippen molar-refractivity contribution in [2.24, 2.45) is 0 Å². The van der Waals surface area contributed by atoms with Crippen LogP contribution in [0.25, 0.3) is 0 Å². The summed E-state index contributed by atoms with van der Waals surface area (Å²) in [7, 11) is -3.88. The Labute approximate surface area is 82.2 Å². The van der Waals surface area contributed by atoms with Gasteiger partial charge in [0.2, 0.25) is 0 Å². The number of ether oxygens (including phenoxy) is 1. The number of hydrogen-bond donors (Lipinski definition) is 1. The average Bonchev–Trinajstić information content (AvgIpc) is 2.13. The first-order valence-electron chi connectivity index (χ1n) is 3.87. The summed E-state index contributed by atoms with van der Waals surface area (Å²) in [6.45, 7) is 1.62. The minimum absolute atomic E-state index is 0.0359. The molecule has 1 N–H and O–H groups in total. The molecule has 82 valence electrons. The smallest absolute Gasteiger partial charge is 0.330 e. The Morgan fingerprint density at radius 1 is 1.50 bits per heavy atom. The zero-order valence-corrected chi connectivity index (χ0v) is 8.49. The van der Waals surface area contributed by atoms with Gasteiger partial charge in [-0.05, 0) is 13.3 Å². The number of rotatable bonds is 6. The fourth-order valence-corrected chi connectivity index (χ4v) is 1.18. The SMILES string of the molecule is CC=CC(=O)OCCCS(=O)(=O)OO. The van der Waals surface area contributed by atoms with Crippen molar-refractivity contribution >= 4 is 16.1 Å². The Morgan fingerprint density at radius 2 is 2.14 bits per heavy atom. The Kier molecular flexibility index (Phi) is 6.09. The topological polar surface area (TPSA) is 89.9 Å². The zero-order valence-electron chi connectivity index (χ0n) is 7.67. The highest BCUT2D eigenvalue weighted by Crippen LogP contribution is 1.94. The maximum absolute atomic E-state index is 10.7. The molecule has 0 aliphatic heterocycles. The van der Waals surface area contributed by atoms with Crippen molar-refractivity contribution in [2.75, 3.05) is 12.4 Å². The number of carbonyl (C=O) groups excluding carboxylic acids is 1. The lowest BCUT2D eigenvalue weighted by Gasteiger charge is -2.00. The molecule has 0 aliphatic carbocycles. The van der Waals surface area contributed by atoms with Gasteiger partial charge >= 0.3 is 5.97 Å². The van der Waals surface area contributed by atoms with Crippen molar-refractivity contribution in [3.8, 4) is 0 Å². The molecule has 0 amide bonds.